The summed E-state index contributed by atoms with van der Waals surface area (Å²) >= 11 is 1.86. The molecular weight excluding hydrogens is 142 g/mol. The lowest BCUT2D eigenvalue weighted by molar-refractivity contribution is 0.669. The lowest BCUT2D eigenvalue weighted by Crippen LogP contribution is -2.01. The second-order valence-electron chi connectivity index (χ2n) is 1.41. The minimum absolute atomic E-state index is 0. The van der Waals surface area contributed by atoms with Crippen LogP contribution >= 0.6 is 24.4 Å². The fraction of sp³-hybridized carbons (Fsp3) is 0.600. The van der Waals surface area contributed by atoms with Crippen molar-refractivity contribution in [3.8, 4) is 0 Å². The average molecular weight is 152 g/mol. The molecule has 0 atom stereocenters. The molecule has 0 saturated heterocycles. The summed E-state index contributed by atoms with van der Waals surface area (Å²) in [5, 5.41) is 0. The lowest BCUT2D eigenvalue weighted by Gasteiger charge is -2.07. The van der Waals surface area contributed by atoms with Crippen molar-refractivity contribution in [2.24, 2.45) is 0 Å². The highest BCUT2D eigenvalue weighted by molar-refractivity contribution is 7.97. The molecule has 0 radical (unpaired) electrons. The molecule has 1 aliphatic rings. The van der Waals surface area contributed by atoms with E-state index < -0.39 is 0 Å². The molecule has 0 amide bonds. The second-order valence-corrected chi connectivity index (χ2v) is 2.47. The lowest BCUT2D eigenvalue weighted by atomic mass is 10.6. The fourth-order valence-corrected chi connectivity index (χ4v) is 1.26. The van der Waals surface area contributed by atoms with Crippen molar-refractivity contribution in [1.82, 2.24) is 4.31 Å². The van der Waals surface area contributed by atoms with Crippen LogP contribution in [0.2, 0.25) is 0 Å². The summed E-state index contributed by atoms with van der Waals surface area (Å²) in [6.07, 6.45) is 4.30. The maximum atomic E-state index is 2.22. The highest BCUT2D eigenvalue weighted by atomic mass is 35.5. The molecule has 0 bridgehead atoms. The molecule has 48 valence electrons. The van der Waals surface area contributed by atoms with Crippen molar-refractivity contribution >= 4 is 24.4 Å². The minimum atomic E-state index is 0. The van der Waals surface area contributed by atoms with Crippen LogP contribution in [-0.4, -0.2) is 16.6 Å². The van der Waals surface area contributed by atoms with Gasteiger partial charge in [0, 0.05) is 18.5 Å². The average Bonchev–Trinajstić information content (AvgIpc) is 2.14. The third-order valence-corrected chi connectivity index (χ3v) is 1.97. The van der Waals surface area contributed by atoms with Crippen molar-refractivity contribution in [3.05, 3.63) is 12.3 Å². The summed E-state index contributed by atoms with van der Waals surface area (Å²) in [5.41, 5.74) is 0. The number of halogens is 1. The van der Waals surface area contributed by atoms with Crippen LogP contribution < -0.4 is 0 Å². The second kappa shape index (κ2) is 4.10. The summed E-state index contributed by atoms with van der Waals surface area (Å²) in [5.74, 6) is 1.16. The van der Waals surface area contributed by atoms with Crippen LogP contribution in [0, 0.1) is 0 Å². The Bertz CT molecular complexity index is 84.5. The minimum Gasteiger partial charge on any atom is -0.324 e. The largest absolute Gasteiger partial charge is 0.324 e. The zero-order valence-electron chi connectivity index (χ0n) is 4.83. The molecule has 0 aromatic heterocycles. The zero-order valence-corrected chi connectivity index (χ0v) is 6.47. The first-order chi connectivity index (χ1) is 3.43. The molecule has 0 aromatic carbocycles. The van der Waals surface area contributed by atoms with Crippen LogP contribution in [0.5, 0.6) is 0 Å². The molecule has 8 heavy (non-hydrogen) atoms. The smallest absolute Gasteiger partial charge is 0.0331 e. The van der Waals surface area contributed by atoms with Gasteiger partial charge in [-0.25, -0.2) is 0 Å². The Morgan fingerprint density at radius 1 is 1.75 bits per heavy atom. The molecule has 0 N–H and O–H groups in total. The Morgan fingerprint density at radius 3 is 2.75 bits per heavy atom. The third-order valence-electron chi connectivity index (χ3n) is 0.920. The van der Waals surface area contributed by atoms with E-state index in [1.54, 1.807) is 0 Å². The molecule has 3 heteroatoms. The first-order valence-electron chi connectivity index (χ1n) is 2.49. The maximum Gasteiger partial charge on any atom is 0.0331 e. The van der Waals surface area contributed by atoms with E-state index in [4.69, 9.17) is 0 Å². The Balaban J connectivity index is 0.000000490. The van der Waals surface area contributed by atoms with E-state index in [1.807, 2.05) is 11.9 Å². The molecule has 0 spiro atoms. The third kappa shape index (κ3) is 1.97. The van der Waals surface area contributed by atoms with Gasteiger partial charge >= 0.3 is 0 Å². The summed E-state index contributed by atoms with van der Waals surface area (Å²) < 4.78 is 2.22. The van der Waals surface area contributed by atoms with Gasteiger partial charge in [-0.15, -0.1) is 12.4 Å². The zero-order chi connectivity index (χ0) is 5.11. The van der Waals surface area contributed by atoms with Crippen molar-refractivity contribution in [1.29, 1.82) is 0 Å². The molecule has 1 nitrogen and oxygen atoms in total. The van der Waals surface area contributed by atoms with Gasteiger partial charge in [0.15, 0.2) is 0 Å². The molecule has 1 heterocycles. The predicted octanol–water partition coefficient (Wildman–Crippen LogP) is 1.91. The van der Waals surface area contributed by atoms with E-state index in [9.17, 15) is 0 Å². The number of hydrogen-bond donors (Lipinski definition) is 0. The van der Waals surface area contributed by atoms with Gasteiger partial charge in [0.05, 0.1) is 0 Å². The summed E-state index contributed by atoms with van der Waals surface area (Å²) in [4.78, 5) is 0. The fourth-order valence-electron chi connectivity index (χ4n) is 0.539. The van der Waals surface area contributed by atoms with Gasteiger partial charge in [-0.1, -0.05) is 6.08 Å². The number of nitrogens with zero attached hydrogens (tertiary/aromatic N) is 1. The predicted molar refractivity (Wildman–Crippen MR) is 41.2 cm³/mol. The van der Waals surface area contributed by atoms with Gasteiger partial charge in [0.1, 0.15) is 0 Å². The van der Waals surface area contributed by atoms with Crippen molar-refractivity contribution in [2.45, 2.75) is 6.92 Å². The van der Waals surface area contributed by atoms with Crippen LogP contribution in [0.3, 0.4) is 0 Å². The topological polar surface area (TPSA) is 3.24 Å². The van der Waals surface area contributed by atoms with Gasteiger partial charge in [0.25, 0.3) is 0 Å². The van der Waals surface area contributed by atoms with Gasteiger partial charge in [-0.3, -0.25) is 0 Å². The van der Waals surface area contributed by atoms with Crippen LogP contribution in [0.1, 0.15) is 6.92 Å². The quantitative estimate of drug-likeness (QED) is 0.527. The van der Waals surface area contributed by atoms with E-state index in [-0.39, 0.29) is 12.4 Å². The monoisotopic (exact) mass is 151 g/mol. The SMILES string of the molecule is CCN1C=CCS1.Cl. The number of hydrogen-bond acceptors (Lipinski definition) is 2. The normalized spacial score (nSPS) is 16.4. The van der Waals surface area contributed by atoms with E-state index in [2.05, 4.69) is 23.5 Å². The highest BCUT2D eigenvalue weighted by Gasteiger charge is 1.98. The molecule has 0 aliphatic carbocycles. The van der Waals surface area contributed by atoms with Crippen LogP contribution in [0.4, 0.5) is 0 Å². The Morgan fingerprint density at radius 2 is 2.50 bits per heavy atom. The van der Waals surface area contributed by atoms with Gasteiger partial charge in [-0.2, -0.15) is 0 Å². The number of rotatable bonds is 1. The maximum absolute atomic E-state index is 2.22. The standard InChI is InChI=1S/C5H9NS.ClH/c1-2-6-4-3-5-7-6;/h3-4H,2,5H2,1H3;1H. The van der Waals surface area contributed by atoms with E-state index in [0.29, 0.717) is 0 Å². The molecule has 0 saturated carbocycles. The molecule has 1 rings (SSSR count). The van der Waals surface area contributed by atoms with E-state index in [1.165, 1.54) is 0 Å². The first kappa shape index (κ1) is 8.18. The first-order valence-corrected chi connectivity index (χ1v) is 3.44. The van der Waals surface area contributed by atoms with Crippen molar-refractivity contribution in [2.75, 3.05) is 12.3 Å². The van der Waals surface area contributed by atoms with Gasteiger partial charge in [0.2, 0.25) is 0 Å². The van der Waals surface area contributed by atoms with E-state index >= 15 is 0 Å². The van der Waals surface area contributed by atoms with Crippen LogP contribution in [0.15, 0.2) is 12.3 Å². The molecule has 0 aromatic rings. The Labute approximate surface area is 60.7 Å². The van der Waals surface area contributed by atoms with E-state index in [0.717, 1.165) is 12.3 Å². The molecule has 0 unspecified atom stereocenters. The molecule has 1 aliphatic heterocycles. The van der Waals surface area contributed by atoms with Crippen molar-refractivity contribution in [3.63, 3.8) is 0 Å². The Hall–Kier alpha value is 0.180. The van der Waals surface area contributed by atoms with Crippen LogP contribution in [0.25, 0.3) is 0 Å². The van der Waals surface area contributed by atoms with Crippen LogP contribution in [-0.2, 0) is 0 Å². The molecular formula is C5H10ClNS. The van der Waals surface area contributed by atoms with Crippen molar-refractivity contribution < 1.29 is 0 Å². The summed E-state index contributed by atoms with van der Waals surface area (Å²) in [7, 11) is 0. The summed E-state index contributed by atoms with van der Waals surface area (Å²) in [6, 6.07) is 0. The van der Waals surface area contributed by atoms with Gasteiger partial charge in [-0.05, 0) is 18.9 Å². The van der Waals surface area contributed by atoms with Gasteiger partial charge < -0.3 is 4.31 Å². The molecule has 0 fully saturated rings. The summed E-state index contributed by atoms with van der Waals surface area (Å²) in [6.45, 7) is 3.28. The Kier molecular flexibility index (Phi) is 4.19. The highest BCUT2D eigenvalue weighted by Crippen LogP contribution is 2.15.